The molecule has 10 heteroatoms. The molecule has 0 bridgehead atoms. The highest BCUT2D eigenvalue weighted by Gasteiger charge is 2.22. The van der Waals surface area contributed by atoms with E-state index in [0.717, 1.165) is 31.2 Å². The van der Waals surface area contributed by atoms with Crippen molar-refractivity contribution in [3.63, 3.8) is 0 Å². The maximum Gasteiger partial charge on any atom is 0.262 e. The molecular formula is C22H27FN6O2S. The van der Waals surface area contributed by atoms with Crippen LogP contribution in [0, 0.1) is 5.82 Å². The number of aryl methyl sites for hydroxylation is 1. The Kier molecular flexibility index (Phi) is 6.25. The van der Waals surface area contributed by atoms with E-state index >= 15 is 4.39 Å². The van der Waals surface area contributed by atoms with Crippen LogP contribution in [0.2, 0.25) is 0 Å². The topological polar surface area (TPSA) is 83.4 Å². The highest BCUT2D eigenvalue weighted by atomic mass is 32.1. The van der Waals surface area contributed by atoms with Gasteiger partial charge in [0, 0.05) is 50.2 Å². The second kappa shape index (κ2) is 8.95. The van der Waals surface area contributed by atoms with Gasteiger partial charge < -0.3 is 14.4 Å². The van der Waals surface area contributed by atoms with Gasteiger partial charge in [-0.25, -0.2) is 4.39 Å². The number of hydrogen-bond donors (Lipinski definition) is 1. The smallest absolute Gasteiger partial charge is 0.262 e. The monoisotopic (exact) mass is 458 g/mol. The fourth-order valence-corrected chi connectivity index (χ4v) is 4.54. The summed E-state index contributed by atoms with van der Waals surface area (Å²) in [4.78, 5) is 30.2. The van der Waals surface area contributed by atoms with Gasteiger partial charge in [-0.3, -0.25) is 14.9 Å². The van der Waals surface area contributed by atoms with E-state index in [0.29, 0.717) is 22.9 Å². The summed E-state index contributed by atoms with van der Waals surface area (Å²) in [6.07, 6.45) is 1.54. The fraction of sp³-hybridized carbons (Fsp3) is 0.455. The Morgan fingerprint density at radius 1 is 1.22 bits per heavy atom. The lowest BCUT2D eigenvalue weighted by Crippen LogP contribution is -2.44. The fourth-order valence-electron chi connectivity index (χ4n) is 3.80. The molecule has 0 saturated carbocycles. The Morgan fingerprint density at radius 2 is 1.94 bits per heavy atom. The quantitative estimate of drug-likeness (QED) is 0.633. The molecule has 1 N–H and O–H groups in total. The van der Waals surface area contributed by atoms with Crippen LogP contribution in [0.15, 0.2) is 23.1 Å². The van der Waals surface area contributed by atoms with Crippen LogP contribution in [0.5, 0.6) is 0 Å². The van der Waals surface area contributed by atoms with Gasteiger partial charge in [-0.1, -0.05) is 25.2 Å². The molecule has 1 aliphatic heterocycles. The zero-order chi connectivity index (χ0) is 23.0. The second-order valence-corrected chi connectivity index (χ2v) is 9.33. The molecule has 1 aromatic carbocycles. The largest absolute Gasteiger partial charge is 0.367 e. The number of pyridine rings is 1. The van der Waals surface area contributed by atoms with Gasteiger partial charge in [-0.05, 0) is 26.1 Å². The number of rotatable bonds is 5. The first kappa shape index (κ1) is 22.3. The Bertz CT molecular complexity index is 1210. The number of carbonyl (C=O) groups excluding carboxylic acids is 1. The number of amides is 1. The molecular weight excluding hydrogens is 431 g/mol. The number of anilines is 2. The van der Waals surface area contributed by atoms with Crippen molar-refractivity contribution < 1.29 is 9.18 Å². The Balaban J connectivity index is 1.72. The molecule has 3 heterocycles. The standard InChI is InChI=1S/C22H27FN6O2S/c1-5-28-12-15(20(31)24-22-26-25-21(32-22)13(2)3)19(30)14-10-16(23)18(11-17(14)28)29-8-6-27(4)7-9-29/h10-13H,5-9H2,1-4H3,(H,24,26,31). The van der Waals surface area contributed by atoms with Crippen molar-refractivity contribution in [1.82, 2.24) is 19.7 Å². The van der Waals surface area contributed by atoms with E-state index in [1.54, 1.807) is 6.07 Å². The first-order chi connectivity index (χ1) is 15.3. The van der Waals surface area contributed by atoms with Gasteiger partial charge in [0.15, 0.2) is 0 Å². The summed E-state index contributed by atoms with van der Waals surface area (Å²) in [6.45, 7) is 9.56. The van der Waals surface area contributed by atoms with Crippen LogP contribution < -0.4 is 15.6 Å². The summed E-state index contributed by atoms with van der Waals surface area (Å²) in [7, 11) is 2.04. The third-order valence-electron chi connectivity index (χ3n) is 5.73. The number of nitrogens with zero attached hydrogens (tertiary/aromatic N) is 5. The summed E-state index contributed by atoms with van der Waals surface area (Å²) in [5.74, 6) is -0.840. The van der Waals surface area contributed by atoms with E-state index in [9.17, 15) is 9.59 Å². The minimum atomic E-state index is -0.575. The Morgan fingerprint density at radius 3 is 2.56 bits per heavy atom. The first-order valence-electron chi connectivity index (χ1n) is 10.7. The molecule has 1 amide bonds. The molecule has 32 heavy (non-hydrogen) atoms. The van der Waals surface area contributed by atoms with E-state index in [-0.39, 0.29) is 16.9 Å². The van der Waals surface area contributed by atoms with Crippen LogP contribution >= 0.6 is 11.3 Å². The lowest BCUT2D eigenvalue weighted by Gasteiger charge is -2.34. The van der Waals surface area contributed by atoms with Gasteiger partial charge in [0.1, 0.15) is 16.4 Å². The average molecular weight is 459 g/mol. The predicted octanol–water partition coefficient (Wildman–Crippen LogP) is 3.14. The first-order valence-corrected chi connectivity index (χ1v) is 11.5. The zero-order valence-electron chi connectivity index (χ0n) is 18.7. The van der Waals surface area contributed by atoms with Crippen LogP contribution in [0.1, 0.15) is 42.1 Å². The SMILES string of the molecule is CCn1cc(C(=O)Nc2nnc(C(C)C)s2)c(=O)c2cc(F)c(N3CCN(C)CC3)cc21. The summed E-state index contributed by atoms with van der Waals surface area (Å²) >= 11 is 1.27. The van der Waals surface area contributed by atoms with Gasteiger partial charge in [0.05, 0.1) is 11.2 Å². The number of nitrogens with one attached hydrogen (secondary N) is 1. The van der Waals surface area contributed by atoms with Crippen LogP contribution in [0.25, 0.3) is 10.9 Å². The maximum atomic E-state index is 15.1. The molecule has 1 saturated heterocycles. The maximum absolute atomic E-state index is 15.1. The van der Waals surface area contributed by atoms with Crippen molar-refractivity contribution in [2.75, 3.05) is 43.4 Å². The van der Waals surface area contributed by atoms with Crippen molar-refractivity contribution >= 4 is 39.0 Å². The molecule has 0 radical (unpaired) electrons. The summed E-state index contributed by atoms with van der Waals surface area (Å²) in [6, 6.07) is 2.98. The van der Waals surface area contributed by atoms with Gasteiger partial charge in [0.25, 0.3) is 5.91 Å². The van der Waals surface area contributed by atoms with Gasteiger partial charge >= 0.3 is 0 Å². The summed E-state index contributed by atoms with van der Waals surface area (Å²) in [5, 5.41) is 12.0. The molecule has 0 atom stereocenters. The zero-order valence-corrected chi connectivity index (χ0v) is 19.5. The third-order valence-corrected chi connectivity index (χ3v) is 6.87. The summed E-state index contributed by atoms with van der Waals surface area (Å²) in [5.41, 5.74) is 0.550. The number of carbonyl (C=O) groups is 1. The number of likely N-dealkylation sites (N-methyl/N-ethyl adjacent to an activating group) is 1. The lowest BCUT2D eigenvalue weighted by molar-refractivity contribution is 0.102. The van der Waals surface area contributed by atoms with E-state index in [1.807, 2.05) is 37.3 Å². The van der Waals surface area contributed by atoms with Gasteiger partial charge in [-0.2, -0.15) is 0 Å². The number of hydrogen-bond acceptors (Lipinski definition) is 7. The number of piperazine rings is 1. The number of benzene rings is 1. The highest BCUT2D eigenvalue weighted by Crippen LogP contribution is 2.27. The molecule has 1 aliphatic rings. The minimum absolute atomic E-state index is 0.0487. The van der Waals surface area contributed by atoms with E-state index in [4.69, 9.17) is 0 Å². The molecule has 8 nitrogen and oxygen atoms in total. The molecule has 0 spiro atoms. The van der Waals surface area contributed by atoms with E-state index in [1.165, 1.54) is 23.6 Å². The molecule has 0 aliphatic carbocycles. The number of aromatic nitrogens is 3. The van der Waals surface area contributed by atoms with Crippen molar-refractivity contribution in [3.8, 4) is 0 Å². The Labute approximate surface area is 189 Å². The molecule has 0 unspecified atom stereocenters. The predicted molar refractivity (Wildman–Crippen MR) is 126 cm³/mol. The van der Waals surface area contributed by atoms with Crippen LogP contribution in [-0.2, 0) is 6.54 Å². The minimum Gasteiger partial charge on any atom is -0.367 e. The molecule has 2 aromatic heterocycles. The molecule has 170 valence electrons. The van der Waals surface area contributed by atoms with Crippen LogP contribution in [-0.4, -0.2) is 58.8 Å². The van der Waals surface area contributed by atoms with Crippen LogP contribution in [0.4, 0.5) is 15.2 Å². The van der Waals surface area contributed by atoms with E-state index in [2.05, 4.69) is 20.4 Å². The van der Waals surface area contributed by atoms with Crippen molar-refractivity contribution in [2.24, 2.45) is 0 Å². The second-order valence-electron chi connectivity index (χ2n) is 8.32. The Hall–Kier alpha value is -2.85. The molecule has 4 rings (SSSR count). The summed E-state index contributed by atoms with van der Waals surface area (Å²) < 4.78 is 16.9. The number of fused-ring (bicyclic) bond motifs is 1. The van der Waals surface area contributed by atoms with Crippen LogP contribution in [0.3, 0.4) is 0 Å². The molecule has 1 fully saturated rings. The van der Waals surface area contributed by atoms with Gasteiger partial charge in [-0.15, -0.1) is 10.2 Å². The normalized spacial score (nSPS) is 15.0. The van der Waals surface area contributed by atoms with Gasteiger partial charge in [0.2, 0.25) is 10.6 Å². The van der Waals surface area contributed by atoms with E-state index < -0.39 is 17.2 Å². The average Bonchev–Trinajstić information content (AvgIpc) is 3.23. The van der Waals surface area contributed by atoms with Crippen molar-refractivity contribution in [1.29, 1.82) is 0 Å². The highest BCUT2D eigenvalue weighted by molar-refractivity contribution is 7.15. The van der Waals surface area contributed by atoms with Crippen molar-refractivity contribution in [3.05, 3.63) is 44.9 Å². The third kappa shape index (κ3) is 4.24. The number of halogens is 1. The lowest BCUT2D eigenvalue weighted by atomic mass is 10.1. The van der Waals surface area contributed by atoms with Crippen molar-refractivity contribution in [2.45, 2.75) is 33.2 Å². The molecule has 3 aromatic rings.